The third kappa shape index (κ3) is 4.49. The van der Waals surface area contributed by atoms with Crippen molar-refractivity contribution in [1.29, 1.82) is 0 Å². The van der Waals surface area contributed by atoms with Crippen LogP contribution in [0.5, 0.6) is 0 Å². The number of aromatic amines is 1. The van der Waals surface area contributed by atoms with Crippen LogP contribution in [0.25, 0.3) is 10.9 Å². The quantitative estimate of drug-likeness (QED) is 0.185. The van der Waals surface area contributed by atoms with Crippen molar-refractivity contribution in [2.45, 2.75) is 19.1 Å². The average Bonchev–Trinajstić information content (AvgIpc) is 2.91. The molecule has 22 heavy (non-hydrogen) atoms. The molecule has 0 amide bonds. The highest BCUT2D eigenvalue weighted by atomic mass is 79.9. The zero-order chi connectivity index (χ0) is 15.9. The monoisotopic (exact) mass is 385 g/mol. The van der Waals surface area contributed by atoms with Gasteiger partial charge in [-0.25, -0.2) is 0 Å². The van der Waals surface area contributed by atoms with Gasteiger partial charge in [-0.2, -0.15) is 11.8 Å². The number of aliphatic hydroxyl groups excluding tert-OH is 1. The van der Waals surface area contributed by atoms with Crippen molar-refractivity contribution in [3.8, 4) is 0 Å². The molecule has 0 aliphatic carbocycles. The Morgan fingerprint density at radius 2 is 2.32 bits per heavy atom. The molecule has 2 rings (SSSR count). The molecule has 0 fully saturated rings. The fraction of sp³-hybridized carbons (Fsp3) is 0.400. The first-order valence-corrected chi connectivity index (χ1v) is 9.21. The van der Waals surface area contributed by atoms with E-state index in [2.05, 4.69) is 31.4 Å². The van der Waals surface area contributed by atoms with Crippen LogP contribution >= 0.6 is 27.7 Å². The summed E-state index contributed by atoms with van der Waals surface area (Å²) in [5.74, 6) is 1.03. The van der Waals surface area contributed by atoms with Gasteiger partial charge in [-0.3, -0.25) is 5.32 Å². The first-order valence-electron chi connectivity index (χ1n) is 7.02. The lowest BCUT2D eigenvalue weighted by Crippen LogP contribution is -2.38. The van der Waals surface area contributed by atoms with Gasteiger partial charge in [0.1, 0.15) is 11.9 Å². The van der Waals surface area contributed by atoms with Gasteiger partial charge in [0.25, 0.3) is 0 Å². The molecule has 5 nitrogen and oxygen atoms in total. The van der Waals surface area contributed by atoms with Crippen molar-refractivity contribution in [1.82, 2.24) is 10.3 Å². The summed E-state index contributed by atoms with van der Waals surface area (Å²) < 4.78 is 0.985. The Balaban J connectivity index is 2.04. The standard InChI is InChI=1S/C15H20BrN3O2S/c1-22-6-2-5-17-15(20)14(19-21)7-10-9-18-13-4-3-11(16)8-12(10)13/h3-4,8-9,15,17-18,20-21H,2,5-7H2,1H3/b19-14+. The van der Waals surface area contributed by atoms with Gasteiger partial charge in [-0.05, 0) is 48.7 Å². The van der Waals surface area contributed by atoms with Crippen LogP contribution in [-0.4, -0.2) is 45.8 Å². The van der Waals surface area contributed by atoms with Gasteiger partial charge < -0.3 is 15.3 Å². The maximum absolute atomic E-state index is 10.1. The van der Waals surface area contributed by atoms with E-state index in [0.29, 0.717) is 18.7 Å². The Morgan fingerprint density at radius 3 is 3.05 bits per heavy atom. The van der Waals surface area contributed by atoms with Crippen LogP contribution < -0.4 is 5.32 Å². The Labute approximate surface area is 142 Å². The van der Waals surface area contributed by atoms with Crippen molar-refractivity contribution >= 4 is 44.3 Å². The first-order chi connectivity index (χ1) is 10.7. The highest BCUT2D eigenvalue weighted by molar-refractivity contribution is 9.10. The molecule has 0 aliphatic rings. The number of fused-ring (bicyclic) bond motifs is 1. The zero-order valence-electron chi connectivity index (χ0n) is 12.3. The summed E-state index contributed by atoms with van der Waals surface area (Å²) >= 11 is 5.22. The van der Waals surface area contributed by atoms with Crippen molar-refractivity contribution in [3.05, 3.63) is 34.4 Å². The number of hydrogen-bond donors (Lipinski definition) is 4. The molecule has 120 valence electrons. The van der Waals surface area contributed by atoms with Crippen LogP contribution in [0, 0.1) is 0 Å². The molecule has 1 aromatic heterocycles. The maximum atomic E-state index is 10.1. The minimum absolute atomic E-state index is 0.310. The van der Waals surface area contributed by atoms with Gasteiger partial charge in [0.15, 0.2) is 0 Å². The summed E-state index contributed by atoms with van der Waals surface area (Å²) in [6.45, 7) is 0.681. The molecule has 0 bridgehead atoms. The number of thioether (sulfide) groups is 1. The molecule has 0 saturated carbocycles. The van der Waals surface area contributed by atoms with E-state index in [-0.39, 0.29) is 0 Å². The van der Waals surface area contributed by atoms with Gasteiger partial charge in [-0.15, -0.1) is 0 Å². The molecule has 0 spiro atoms. The lowest BCUT2D eigenvalue weighted by Gasteiger charge is -2.14. The Kier molecular flexibility index (Phi) is 6.75. The first kappa shape index (κ1) is 17.3. The lowest BCUT2D eigenvalue weighted by atomic mass is 10.1. The second-order valence-electron chi connectivity index (χ2n) is 4.97. The molecular weight excluding hydrogens is 366 g/mol. The summed E-state index contributed by atoms with van der Waals surface area (Å²) in [6.07, 6.45) is 4.32. The number of nitrogens with zero attached hydrogens (tertiary/aromatic N) is 1. The molecule has 1 atom stereocenters. The molecular formula is C15H20BrN3O2S. The van der Waals surface area contributed by atoms with Crippen molar-refractivity contribution < 1.29 is 10.3 Å². The topological polar surface area (TPSA) is 80.6 Å². The number of oxime groups is 1. The van der Waals surface area contributed by atoms with Crippen LogP contribution in [0.4, 0.5) is 0 Å². The third-order valence-corrected chi connectivity index (χ3v) is 4.60. The van der Waals surface area contributed by atoms with Crippen molar-refractivity contribution in [2.75, 3.05) is 18.6 Å². The SMILES string of the molecule is CSCCCNC(O)/C(Cc1c[nH]c2ccc(Br)cc12)=N/O. The highest BCUT2D eigenvalue weighted by Crippen LogP contribution is 2.23. The van der Waals surface area contributed by atoms with E-state index in [9.17, 15) is 10.3 Å². The van der Waals surface area contributed by atoms with Crippen LogP contribution in [0.15, 0.2) is 34.0 Å². The Morgan fingerprint density at radius 1 is 1.50 bits per heavy atom. The van der Waals surface area contributed by atoms with E-state index in [1.165, 1.54) is 0 Å². The minimum atomic E-state index is -0.941. The summed E-state index contributed by atoms with van der Waals surface area (Å²) in [5.41, 5.74) is 2.30. The van der Waals surface area contributed by atoms with Crippen LogP contribution in [0.2, 0.25) is 0 Å². The van der Waals surface area contributed by atoms with E-state index in [4.69, 9.17) is 0 Å². The predicted molar refractivity (Wildman–Crippen MR) is 95.9 cm³/mol. The number of nitrogens with one attached hydrogen (secondary N) is 2. The van der Waals surface area contributed by atoms with Crippen LogP contribution in [0.3, 0.4) is 0 Å². The summed E-state index contributed by atoms with van der Waals surface area (Å²) in [5, 5.41) is 26.6. The van der Waals surface area contributed by atoms with E-state index in [0.717, 1.165) is 33.1 Å². The second kappa shape index (κ2) is 8.57. The molecule has 7 heteroatoms. The number of hydrogen-bond acceptors (Lipinski definition) is 5. The molecule has 4 N–H and O–H groups in total. The van der Waals surface area contributed by atoms with E-state index < -0.39 is 6.23 Å². The van der Waals surface area contributed by atoms with E-state index in [1.807, 2.05) is 30.7 Å². The molecule has 0 saturated heterocycles. The number of H-pyrrole nitrogens is 1. The molecule has 0 radical (unpaired) electrons. The van der Waals surface area contributed by atoms with E-state index in [1.54, 1.807) is 11.8 Å². The minimum Gasteiger partial charge on any atom is -0.411 e. The predicted octanol–water partition coefficient (Wildman–Crippen LogP) is 2.96. The van der Waals surface area contributed by atoms with E-state index >= 15 is 0 Å². The molecule has 1 unspecified atom stereocenters. The third-order valence-electron chi connectivity index (χ3n) is 3.41. The van der Waals surface area contributed by atoms with Gasteiger partial charge in [0.2, 0.25) is 0 Å². The fourth-order valence-corrected chi connectivity index (χ4v) is 3.05. The lowest BCUT2D eigenvalue weighted by molar-refractivity contribution is 0.193. The van der Waals surface area contributed by atoms with Gasteiger partial charge in [0, 0.05) is 28.0 Å². The van der Waals surface area contributed by atoms with Crippen LogP contribution in [0.1, 0.15) is 12.0 Å². The number of rotatable bonds is 8. The smallest absolute Gasteiger partial charge is 0.147 e. The normalized spacial score (nSPS) is 13.7. The fourth-order valence-electron chi connectivity index (χ4n) is 2.25. The van der Waals surface area contributed by atoms with Crippen LogP contribution in [-0.2, 0) is 6.42 Å². The highest BCUT2D eigenvalue weighted by Gasteiger charge is 2.15. The molecule has 0 aliphatic heterocycles. The Bertz CT molecular complexity index is 645. The van der Waals surface area contributed by atoms with Crippen molar-refractivity contribution in [2.24, 2.45) is 5.16 Å². The molecule has 1 heterocycles. The van der Waals surface area contributed by atoms with Crippen molar-refractivity contribution in [3.63, 3.8) is 0 Å². The second-order valence-corrected chi connectivity index (χ2v) is 6.88. The number of aromatic nitrogens is 1. The number of aliphatic hydroxyl groups is 1. The Hall–Kier alpha value is -1.02. The molecule has 1 aromatic carbocycles. The summed E-state index contributed by atoms with van der Waals surface area (Å²) in [4.78, 5) is 3.18. The average molecular weight is 386 g/mol. The summed E-state index contributed by atoms with van der Waals surface area (Å²) in [6, 6.07) is 5.95. The largest absolute Gasteiger partial charge is 0.411 e. The number of halogens is 1. The molecule has 2 aromatic rings. The van der Waals surface area contributed by atoms with Gasteiger partial charge in [-0.1, -0.05) is 21.1 Å². The maximum Gasteiger partial charge on any atom is 0.147 e. The summed E-state index contributed by atoms with van der Waals surface area (Å²) in [7, 11) is 0. The van der Waals surface area contributed by atoms with Gasteiger partial charge in [0.05, 0.1) is 0 Å². The zero-order valence-corrected chi connectivity index (χ0v) is 14.7. The van der Waals surface area contributed by atoms with Gasteiger partial charge >= 0.3 is 0 Å². The number of benzene rings is 1.